The van der Waals surface area contributed by atoms with Crippen molar-refractivity contribution in [1.29, 1.82) is 0 Å². The van der Waals surface area contributed by atoms with E-state index in [9.17, 15) is 5.21 Å². The van der Waals surface area contributed by atoms with Crippen LogP contribution in [0.4, 0.5) is 0 Å². The first-order chi connectivity index (χ1) is 8.90. The maximum Gasteiger partial charge on any atom is 0.190 e. The van der Waals surface area contributed by atoms with Crippen LogP contribution in [0.3, 0.4) is 0 Å². The Labute approximate surface area is 132 Å². The number of rotatable bonds is 6. The zero-order valence-corrected chi connectivity index (χ0v) is 12.6. The van der Waals surface area contributed by atoms with Gasteiger partial charge in [0.15, 0.2) is 6.04 Å². The highest BCUT2D eigenvalue weighted by molar-refractivity contribution is 5.17. The first-order valence-corrected chi connectivity index (χ1v) is 6.28. The van der Waals surface area contributed by atoms with Crippen molar-refractivity contribution >= 4 is 0 Å². The van der Waals surface area contributed by atoms with Crippen molar-refractivity contribution in [2.75, 3.05) is 6.54 Å². The minimum Gasteiger partial charge on any atom is -1.00 e. The average molecular weight is 315 g/mol. The van der Waals surface area contributed by atoms with Crippen molar-refractivity contribution in [1.82, 2.24) is 0 Å². The summed E-state index contributed by atoms with van der Waals surface area (Å²) in [6.07, 6.45) is 0. The Morgan fingerprint density at radius 2 is 1.40 bits per heavy atom. The van der Waals surface area contributed by atoms with E-state index < -0.39 is 0 Å². The molecule has 20 heavy (non-hydrogen) atoms. The molecule has 0 heterocycles. The number of hydroxylamine groups is 1. The molecule has 0 fully saturated rings. The van der Waals surface area contributed by atoms with Gasteiger partial charge in [0.2, 0.25) is 0 Å². The highest BCUT2D eigenvalue weighted by atomic mass is 35.5. The Balaban J connectivity index is 0.00000180. The number of nitrogens with two attached hydrogens (primary N) is 2. The molecule has 0 aliphatic heterocycles. The zero-order valence-electron chi connectivity index (χ0n) is 11.1. The molecule has 0 bridgehead atoms. The van der Waals surface area contributed by atoms with Crippen LogP contribution in [0.1, 0.15) is 17.2 Å². The lowest BCUT2D eigenvalue weighted by atomic mass is 10.1. The van der Waals surface area contributed by atoms with E-state index in [4.69, 9.17) is 0 Å². The summed E-state index contributed by atoms with van der Waals surface area (Å²) in [4.78, 5) is 0. The van der Waals surface area contributed by atoms with Gasteiger partial charge in [0.05, 0.1) is 0 Å². The highest BCUT2D eigenvalue weighted by Gasteiger charge is 2.15. The van der Waals surface area contributed by atoms with Crippen molar-refractivity contribution < 1.29 is 40.8 Å². The van der Waals surface area contributed by atoms with Crippen LogP contribution in [0.25, 0.3) is 0 Å². The molecule has 3 nitrogen and oxygen atoms in total. The van der Waals surface area contributed by atoms with Gasteiger partial charge in [0, 0.05) is 11.1 Å². The molecule has 2 aromatic rings. The van der Waals surface area contributed by atoms with Crippen LogP contribution in [0.2, 0.25) is 0 Å². The van der Waals surface area contributed by atoms with Gasteiger partial charge in [-0.3, -0.25) is 0 Å². The second kappa shape index (κ2) is 10.7. The van der Waals surface area contributed by atoms with Crippen LogP contribution < -0.4 is 35.6 Å². The highest BCUT2D eigenvalue weighted by Crippen LogP contribution is 2.05. The average Bonchev–Trinajstić information content (AvgIpc) is 2.46. The van der Waals surface area contributed by atoms with Gasteiger partial charge in [-0.25, -0.2) is 5.21 Å². The summed E-state index contributed by atoms with van der Waals surface area (Å²) >= 11 is 0. The summed E-state index contributed by atoms with van der Waals surface area (Å²) in [6.45, 7) is 1.80. The lowest BCUT2D eigenvalue weighted by Gasteiger charge is -2.10. The van der Waals surface area contributed by atoms with E-state index in [0.29, 0.717) is 0 Å². The van der Waals surface area contributed by atoms with Gasteiger partial charge in [-0.1, -0.05) is 60.7 Å². The first kappa shape index (κ1) is 18.9. The van der Waals surface area contributed by atoms with Gasteiger partial charge in [-0.2, -0.15) is 5.48 Å². The first-order valence-electron chi connectivity index (χ1n) is 6.28. The molecule has 1 unspecified atom stereocenters. The van der Waals surface area contributed by atoms with E-state index in [1.807, 2.05) is 36.4 Å². The SMILES string of the molecule is O[NH2+]C(C[NH2+]Cc1ccccc1)c1ccccc1.[Cl-].[Cl-]. The lowest BCUT2D eigenvalue weighted by molar-refractivity contribution is -0.929. The minimum absolute atomic E-state index is 0. The van der Waals surface area contributed by atoms with Crippen LogP contribution in [0.15, 0.2) is 60.7 Å². The van der Waals surface area contributed by atoms with E-state index in [1.54, 1.807) is 0 Å². The summed E-state index contributed by atoms with van der Waals surface area (Å²) in [5.74, 6) is 0. The Hall–Kier alpha value is -1.10. The quantitative estimate of drug-likeness (QED) is 0.458. The van der Waals surface area contributed by atoms with E-state index in [1.165, 1.54) is 11.0 Å². The molecule has 0 saturated carbocycles. The maximum absolute atomic E-state index is 9.33. The van der Waals surface area contributed by atoms with E-state index in [-0.39, 0.29) is 30.9 Å². The third kappa shape index (κ3) is 5.90. The molecule has 0 aromatic heterocycles. The third-order valence-corrected chi connectivity index (χ3v) is 3.05. The van der Waals surface area contributed by atoms with E-state index >= 15 is 0 Å². The molecular formula is C15H20Cl2N2O. The number of halogens is 2. The molecular weight excluding hydrogens is 295 g/mol. The Bertz CT molecular complexity index is 454. The maximum atomic E-state index is 9.33. The molecule has 0 radical (unpaired) electrons. The van der Waals surface area contributed by atoms with Crippen LogP contribution in [0, 0.1) is 0 Å². The Kier molecular flexibility index (Phi) is 10.1. The van der Waals surface area contributed by atoms with Crippen molar-refractivity contribution in [2.24, 2.45) is 0 Å². The second-order valence-corrected chi connectivity index (χ2v) is 4.38. The summed E-state index contributed by atoms with van der Waals surface area (Å²) in [5, 5.41) is 11.6. The zero-order chi connectivity index (χ0) is 12.6. The van der Waals surface area contributed by atoms with Crippen molar-refractivity contribution in [2.45, 2.75) is 12.6 Å². The molecule has 0 aliphatic carbocycles. The normalized spacial score (nSPS) is 11.1. The summed E-state index contributed by atoms with van der Waals surface area (Å²) < 4.78 is 0. The van der Waals surface area contributed by atoms with Gasteiger partial charge in [-0.15, -0.1) is 0 Å². The monoisotopic (exact) mass is 314 g/mol. The standard InChI is InChI=1S/C15H18N2O.2ClH/c18-17-15(14-9-5-2-6-10-14)12-16-11-13-7-3-1-4-8-13;;/h1-10,15-18H,11-12H2;2*1H. The fourth-order valence-corrected chi connectivity index (χ4v) is 2.03. The topological polar surface area (TPSA) is 53.5 Å². The van der Waals surface area contributed by atoms with Crippen LogP contribution in [-0.2, 0) is 6.54 Å². The van der Waals surface area contributed by atoms with Crippen LogP contribution in [-0.4, -0.2) is 11.8 Å². The van der Waals surface area contributed by atoms with E-state index in [2.05, 4.69) is 29.6 Å². The summed E-state index contributed by atoms with van der Waals surface area (Å²) in [7, 11) is 0. The second-order valence-electron chi connectivity index (χ2n) is 4.38. The van der Waals surface area contributed by atoms with Gasteiger partial charge < -0.3 is 30.1 Å². The number of hydrogen-bond donors (Lipinski definition) is 3. The molecule has 0 spiro atoms. The van der Waals surface area contributed by atoms with Gasteiger partial charge >= 0.3 is 0 Å². The predicted octanol–water partition coefficient (Wildman–Crippen LogP) is -5.55. The molecule has 2 rings (SSSR count). The fourth-order valence-electron chi connectivity index (χ4n) is 2.03. The lowest BCUT2D eigenvalue weighted by Crippen LogP contribution is -3.00. The van der Waals surface area contributed by atoms with Crippen LogP contribution in [0.5, 0.6) is 0 Å². The molecule has 110 valence electrons. The van der Waals surface area contributed by atoms with E-state index in [0.717, 1.165) is 18.7 Å². The number of hydrogen-bond acceptors (Lipinski definition) is 1. The molecule has 5 heteroatoms. The molecule has 2 aromatic carbocycles. The molecule has 0 aliphatic rings. The molecule has 5 N–H and O–H groups in total. The van der Waals surface area contributed by atoms with Gasteiger partial charge in [0.1, 0.15) is 13.1 Å². The van der Waals surface area contributed by atoms with Gasteiger partial charge in [-0.05, 0) is 0 Å². The van der Waals surface area contributed by atoms with Crippen molar-refractivity contribution in [3.63, 3.8) is 0 Å². The Morgan fingerprint density at radius 1 is 0.850 bits per heavy atom. The molecule has 0 amide bonds. The minimum atomic E-state index is 0. The van der Waals surface area contributed by atoms with Gasteiger partial charge in [0.25, 0.3) is 0 Å². The smallest absolute Gasteiger partial charge is 0.190 e. The van der Waals surface area contributed by atoms with Crippen LogP contribution >= 0.6 is 0 Å². The summed E-state index contributed by atoms with van der Waals surface area (Å²) in [6, 6.07) is 20.6. The van der Waals surface area contributed by atoms with Crippen molar-refractivity contribution in [3.05, 3.63) is 71.8 Å². The number of benzene rings is 2. The number of quaternary nitrogens is 2. The summed E-state index contributed by atoms with van der Waals surface area (Å²) in [5.41, 5.74) is 3.75. The fraction of sp³-hybridized carbons (Fsp3) is 0.200. The largest absolute Gasteiger partial charge is 1.00 e. The van der Waals surface area contributed by atoms with Crippen molar-refractivity contribution in [3.8, 4) is 0 Å². The molecule has 1 atom stereocenters. The molecule has 0 saturated heterocycles. The third-order valence-electron chi connectivity index (χ3n) is 3.05. The Morgan fingerprint density at radius 3 is 1.95 bits per heavy atom. The predicted molar refractivity (Wildman–Crippen MR) is 69.8 cm³/mol.